The first kappa shape index (κ1) is 12.0. The van der Waals surface area contributed by atoms with Gasteiger partial charge in [-0.2, -0.15) is 5.10 Å². The predicted molar refractivity (Wildman–Crippen MR) is 61.2 cm³/mol. The Hall–Kier alpha value is -1.12. The van der Waals surface area contributed by atoms with E-state index < -0.39 is 0 Å². The fourth-order valence-corrected chi connectivity index (χ4v) is 1.62. The molecule has 84 valence electrons. The van der Waals surface area contributed by atoms with Gasteiger partial charge in [-0.15, -0.1) is 0 Å². The second-order valence-corrected chi connectivity index (χ2v) is 4.71. The standard InChI is InChI=1S/C12H20N2O/c1-8(2)6-11-7-12(10(5)15)13-14(11)9(3)4/h7-9H,6H2,1-5H3. The average Bonchev–Trinajstić information content (AvgIpc) is 2.46. The van der Waals surface area contributed by atoms with Crippen LogP contribution < -0.4 is 0 Å². The van der Waals surface area contributed by atoms with Crippen molar-refractivity contribution in [2.75, 3.05) is 0 Å². The van der Waals surface area contributed by atoms with Crippen molar-refractivity contribution in [3.05, 3.63) is 17.5 Å². The van der Waals surface area contributed by atoms with Crippen molar-refractivity contribution in [3.63, 3.8) is 0 Å². The minimum Gasteiger partial charge on any atom is -0.293 e. The number of hydrogen-bond donors (Lipinski definition) is 0. The van der Waals surface area contributed by atoms with Crippen LogP contribution in [0, 0.1) is 5.92 Å². The maximum atomic E-state index is 11.2. The lowest BCUT2D eigenvalue weighted by Crippen LogP contribution is -2.10. The molecule has 0 N–H and O–H groups in total. The second-order valence-electron chi connectivity index (χ2n) is 4.71. The van der Waals surface area contributed by atoms with Crippen LogP contribution in [0.5, 0.6) is 0 Å². The van der Waals surface area contributed by atoms with E-state index in [0.717, 1.165) is 12.1 Å². The third-order valence-electron chi connectivity index (χ3n) is 2.28. The fraction of sp³-hybridized carbons (Fsp3) is 0.667. The van der Waals surface area contributed by atoms with Gasteiger partial charge in [-0.05, 0) is 32.3 Å². The van der Waals surface area contributed by atoms with Gasteiger partial charge in [-0.3, -0.25) is 9.48 Å². The highest BCUT2D eigenvalue weighted by Crippen LogP contribution is 2.15. The summed E-state index contributed by atoms with van der Waals surface area (Å²) in [6.45, 7) is 10.1. The zero-order chi connectivity index (χ0) is 11.6. The third kappa shape index (κ3) is 2.91. The Kier molecular flexibility index (Phi) is 3.66. The zero-order valence-electron chi connectivity index (χ0n) is 10.2. The summed E-state index contributed by atoms with van der Waals surface area (Å²) in [5, 5.41) is 4.33. The normalized spacial score (nSPS) is 11.4. The van der Waals surface area contributed by atoms with E-state index in [9.17, 15) is 4.79 Å². The molecule has 0 aromatic carbocycles. The van der Waals surface area contributed by atoms with E-state index in [1.807, 2.05) is 10.7 Å². The highest BCUT2D eigenvalue weighted by molar-refractivity contribution is 5.92. The monoisotopic (exact) mass is 208 g/mol. The number of carbonyl (C=O) groups is 1. The van der Waals surface area contributed by atoms with Gasteiger partial charge in [-0.1, -0.05) is 13.8 Å². The minimum atomic E-state index is 0.0411. The molecule has 0 unspecified atom stereocenters. The quantitative estimate of drug-likeness (QED) is 0.713. The molecule has 3 nitrogen and oxygen atoms in total. The van der Waals surface area contributed by atoms with Crippen LogP contribution in [-0.4, -0.2) is 15.6 Å². The highest BCUT2D eigenvalue weighted by atomic mass is 16.1. The van der Waals surface area contributed by atoms with Gasteiger partial charge in [-0.25, -0.2) is 0 Å². The molecule has 0 saturated heterocycles. The third-order valence-corrected chi connectivity index (χ3v) is 2.28. The lowest BCUT2D eigenvalue weighted by Gasteiger charge is -2.11. The Balaban J connectivity index is 3.06. The molecule has 15 heavy (non-hydrogen) atoms. The minimum absolute atomic E-state index is 0.0411. The molecule has 3 heteroatoms. The van der Waals surface area contributed by atoms with Crippen LogP contribution in [0.15, 0.2) is 6.07 Å². The van der Waals surface area contributed by atoms with Crippen LogP contribution >= 0.6 is 0 Å². The Labute approximate surface area is 91.5 Å². The van der Waals surface area contributed by atoms with Crippen molar-refractivity contribution in [2.24, 2.45) is 5.92 Å². The molecule has 0 spiro atoms. The first-order chi connectivity index (χ1) is 6.91. The lowest BCUT2D eigenvalue weighted by molar-refractivity contribution is 0.101. The van der Waals surface area contributed by atoms with Gasteiger partial charge in [0.15, 0.2) is 5.78 Å². The summed E-state index contributed by atoms with van der Waals surface area (Å²) in [7, 11) is 0. The highest BCUT2D eigenvalue weighted by Gasteiger charge is 2.13. The smallest absolute Gasteiger partial charge is 0.179 e. The summed E-state index contributed by atoms with van der Waals surface area (Å²) in [5.41, 5.74) is 1.74. The number of Topliss-reactive ketones (excluding diaryl/α,β-unsaturated/α-hetero) is 1. The second kappa shape index (κ2) is 4.60. The van der Waals surface area contributed by atoms with Gasteiger partial charge in [0, 0.05) is 18.7 Å². The van der Waals surface area contributed by atoms with E-state index in [1.165, 1.54) is 0 Å². The number of ketones is 1. The molecule has 1 rings (SSSR count). The lowest BCUT2D eigenvalue weighted by atomic mass is 10.1. The largest absolute Gasteiger partial charge is 0.293 e. The summed E-state index contributed by atoms with van der Waals surface area (Å²) in [4.78, 5) is 11.2. The summed E-state index contributed by atoms with van der Waals surface area (Å²) in [6.07, 6.45) is 0.971. The van der Waals surface area contributed by atoms with Crippen LogP contribution in [0.25, 0.3) is 0 Å². The van der Waals surface area contributed by atoms with E-state index in [-0.39, 0.29) is 5.78 Å². The molecule has 0 amide bonds. The first-order valence-corrected chi connectivity index (χ1v) is 5.51. The predicted octanol–water partition coefficient (Wildman–Crippen LogP) is 2.87. The van der Waals surface area contributed by atoms with Gasteiger partial charge >= 0.3 is 0 Å². The van der Waals surface area contributed by atoms with Crippen LogP contribution in [0.2, 0.25) is 0 Å². The molecule has 0 aliphatic carbocycles. The van der Waals surface area contributed by atoms with Crippen molar-refractivity contribution in [2.45, 2.75) is 47.1 Å². The zero-order valence-corrected chi connectivity index (χ0v) is 10.2. The number of rotatable bonds is 4. The molecular weight excluding hydrogens is 188 g/mol. The van der Waals surface area contributed by atoms with Crippen molar-refractivity contribution >= 4 is 5.78 Å². The maximum Gasteiger partial charge on any atom is 0.179 e. The number of nitrogens with zero attached hydrogens (tertiary/aromatic N) is 2. The molecule has 0 bridgehead atoms. The topological polar surface area (TPSA) is 34.9 Å². The van der Waals surface area contributed by atoms with E-state index in [1.54, 1.807) is 6.92 Å². The Bertz CT molecular complexity index is 351. The Morgan fingerprint density at radius 1 is 1.40 bits per heavy atom. The van der Waals surface area contributed by atoms with Crippen LogP contribution in [-0.2, 0) is 6.42 Å². The van der Waals surface area contributed by atoms with Gasteiger partial charge in [0.05, 0.1) is 0 Å². The Morgan fingerprint density at radius 3 is 2.40 bits per heavy atom. The summed E-state index contributed by atoms with van der Waals surface area (Å²) in [6, 6.07) is 2.23. The van der Waals surface area contributed by atoms with Crippen LogP contribution in [0.4, 0.5) is 0 Å². The van der Waals surface area contributed by atoms with Crippen molar-refractivity contribution in [1.82, 2.24) is 9.78 Å². The van der Waals surface area contributed by atoms with Gasteiger partial charge in [0.25, 0.3) is 0 Å². The molecule has 0 atom stereocenters. The van der Waals surface area contributed by atoms with Crippen LogP contribution in [0.3, 0.4) is 0 Å². The molecule has 0 radical (unpaired) electrons. The summed E-state index contributed by atoms with van der Waals surface area (Å²) >= 11 is 0. The molecule has 0 saturated carbocycles. The summed E-state index contributed by atoms with van der Waals surface area (Å²) < 4.78 is 1.96. The van der Waals surface area contributed by atoms with Gasteiger partial charge in [0.1, 0.15) is 5.69 Å². The maximum absolute atomic E-state index is 11.2. The molecule has 0 aliphatic heterocycles. The van der Waals surface area contributed by atoms with Crippen LogP contribution in [0.1, 0.15) is 56.8 Å². The van der Waals surface area contributed by atoms with Gasteiger partial charge in [0.2, 0.25) is 0 Å². The van der Waals surface area contributed by atoms with E-state index in [0.29, 0.717) is 17.7 Å². The summed E-state index contributed by atoms with van der Waals surface area (Å²) in [5.74, 6) is 0.624. The molecule has 1 heterocycles. The number of aromatic nitrogens is 2. The first-order valence-electron chi connectivity index (χ1n) is 5.51. The van der Waals surface area contributed by atoms with E-state index in [2.05, 4.69) is 32.8 Å². The molecule has 1 aromatic rings. The van der Waals surface area contributed by atoms with E-state index >= 15 is 0 Å². The number of carbonyl (C=O) groups excluding carboxylic acids is 1. The molecule has 0 aliphatic rings. The molecule has 0 fully saturated rings. The van der Waals surface area contributed by atoms with Crippen molar-refractivity contribution < 1.29 is 4.79 Å². The molecule has 1 aromatic heterocycles. The van der Waals surface area contributed by atoms with Gasteiger partial charge < -0.3 is 0 Å². The number of hydrogen-bond acceptors (Lipinski definition) is 2. The SMILES string of the molecule is CC(=O)c1cc(CC(C)C)n(C(C)C)n1. The fourth-order valence-electron chi connectivity index (χ4n) is 1.62. The van der Waals surface area contributed by atoms with Crippen molar-refractivity contribution in [1.29, 1.82) is 0 Å². The Morgan fingerprint density at radius 2 is 2.00 bits per heavy atom. The van der Waals surface area contributed by atoms with Crippen molar-refractivity contribution in [3.8, 4) is 0 Å². The molecular formula is C12H20N2O. The average molecular weight is 208 g/mol. The van der Waals surface area contributed by atoms with E-state index in [4.69, 9.17) is 0 Å².